The Hall–Kier alpha value is -4.10. The van der Waals surface area contributed by atoms with Crippen molar-refractivity contribution in [1.82, 2.24) is 25.5 Å². The number of carbonyl (C=O) groups excluding carboxylic acids is 1. The number of tetrazole rings is 1. The maximum absolute atomic E-state index is 12.3. The molecule has 46 heavy (non-hydrogen) atoms. The van der Waals surface area contributed by atoms with Gasteiger partial charge in [0.2, 0.25) is 11.1 Å². The summed E-state index contributed by atoms with van der Waals surface area (Å²) < 4.78 is 14.7. The van der Waals surface area contributed by atoms with E-state index >= 15 is 0 Å². The fourth-order valence-corrected chi connectivity index (χ4v) is 6.10. The largest absolute Gasteiger partial charge is 0.481 e. The molecule has 0 unspecified atom stereocenters. The van der Waals surface area contributed by atoms with Crippen LogP contribution in [0.3, 0.4) is 0 Å². The van der Waals surface area contributed by atoms with E-state index in [1.807, 2.05) is 78.9 Å². The van der Waals surface area contributed by atoms with Crippen molar-refractivity contribution < 1.29 is 29.3 Å². The third kappa shape index (κ3) is 9.70. The molecule has 0 radical (unpaired) electrons. The van der Waals surface area contributed by atoms with Crippen molar-refractivity contribution in [3.63, 3.8) is 0 Å². The molecule has 3 N–H and O–H groups in total. The summed E-state index contributed by atoms with van der Waals surface area (Å²) in [5.74, 6) is -0.187. The number of ether oxygens (including phenoxy) is 2. The van der Waals surface area contributed by atoms with Crippen LogP contribution in [-0.4, -0.2) is 54.2 Å². The van der Waals surface area contributed by atoms with Gasteiger partial charge in [0.05, 0.1) is 24.5 Å². The van der Waals surface area contributed by atoms with Gasteiger partial charge in [-0.1, -0.05) is 91.3 Å². The van der Waals surface area contributed by atoms with E-state index in [1.54, 1.807) is 4.68 Å². The Morgan fingerprint density at radius 1 is 0.870 bits per heavy atom. The Bertz CT molecular complexity index is 1530. The summed E-state index contributed by atoms with van der Waals surface area (Å²) in [5.41, 5.74) is 4.57. The first-order valence-corrected chi connectivity index (χ1v) is 16.5. The smallest absolute Gasteiger partial charge is 0.303 e. The van der Waals surface area contributed by atoms with Crippen molar-refractivity contribution in [2.75, 3.05) is 5.75 Å². The molecule has 0 aliphatic carbocycles. The van der Waals surface area contributed by atoms with Gasteiger partial charge in [-0.3, -0.25) is 9.59 Å². The number of unbranched alkanes of at least 4 members (excludes halogenated alkanes) is 3. The van der Waals surface area contributed by atoms with Gasteiger partial charge in [-0.15, -0.1) is 5.10 Å². The predicted octanol–water partition coefficient (Wildman–Crippen LogP) is 5.53. The first kappa shape index (κ1) is 33.3. The maximum atomic E-state index is 12.3. The van der Waals surface area contributed by atoms with Gasteiger partial charge in [-0.25, -0.2) is 0 Å². The molecule has 1 aliphatic rings. The van der Waals surface area contributed by atoms with Crippen molar-refractivity contribution >= 4 is 23.6 Å². The van der Waals surface area contributed by atoms with Gasteiger partial charge in [-0.2, -0.15) is 4.68 Å². The highest BCUT2D eigenvalue weighted by atomic mass is 32.2. The standard InChI is InChI=1S/C34H39N5O6S/c40-22-25-14-16-26(17-15-25)30-20-29(23-46-34-36-37-38-39(34)28-8-4-3-5-9-28)44-33(45-30)27-18-12-24(13-19-27)21-35-31(41)10-6-1-2-7-11-32(42)43/h3-5,8-9,12-19,29-30,33,40H,1-2,6-7,10-11,20-23H2,(H,35,41)(H,42,43)/t29-,30+,33+/m1/s1. The number of carboxylic acids is 1. The van der Waals surface area contributed by atoms with Crippen LogP contribution in [0.25, 0.3) is 5.69 Å². The lowest BCUT2D eigenvalue weighted by atomic mass is 10.0. The number of carbonyl (C=O) groups is 2. The fourth-order valence-electron chi connectivity index (χ4n) is 5.19. The van der Waals surface area contributed by atoms with Gasteiger partial charge >= 0.3 is 5.97 Å². The van der Waals surface area contributed by atoms with Crippen LogP contribution in [0, 0.1) is 0 Å². The second kappa shape index (κ2) is 17.0. The van der Waals surface area contributed by atoms with E-state index in [0.717, 1.165) is 47.2 Å². The summed E-state index contributed by atoms with van der Waals surface area (Å²) in [6, 6.07) is 25.4. The van der Waals surface area contributed by atoms with E-state index < -0.39 is 12.3 Å². The van der Waals surface area contributed by atoms with Gasteiger partial charge in [0, 0.05) is 37.1 Å². The lowest BCUT2D eigenvalue weighted by Crippen LogP contribution is -2.31. The number of aromatic nitrogens is 4. The van der Waals surface area contributed by atoms with Crippen LogP contribution in [0.1, 0.15) is 79.6 Å². The fraction of sp³-hybridized carbons (Fsp3) is 0.382. The van der Waals surface area contributed by atoms with Crippen LogP contribution in [-0.2, 0) is 32.2 Å². The molecule has 4 aromatic rings. The minimum Gasteiger partial charge on any atom is -0.481 e. The SMILES string of the molecule is O=C(O)CCCCCCC(=O)NCc1ccc([C@H]2O[C@@H](CSc3nnnn3-c3ccccc3)C[C@@H](c3ccc(CO)cc3)O2)cc1. The molecule has 2 heterocycles. The molecule has 1 fully saturated rings. The molecule has 242 valence electrons. The van der Waals surface area contributed by atoms with Crippen LogP contribution in [0.15, 0.2) is 84.0 Å². The third-order valence-corrected chi connectivity index (χ3v) is 8.79. The summed E-state index contributed by atoms with van der Waals surface area (Å²) in [6.07, 6.45) is 3.30. The van der Waals surface area contributed by atoms with Crippen LogP contribution in [0.5, 0.6) is 0 Å². The molecule has 1 aromatic heterocycles. The molecule has 1 aliphatic heterocycles. The lowest BCUT2D eigenvalue weighted by Gasteiger charge is -2.36. The summed E-state index contributed by atoms with van der Waals surface area (Å²) in [5, 5.41) is 34.1. The zero-order valence-corrected chi connectivity index (χ0v) is 26.3. The summed E-state index contributed by atoms with van der Waals surface area (Å²) in [6.45, 7) is 0.397. The minimum atomic E-state index is -0.781. The number of rotatable bonds is 16. The van der Waals surface area contributed by atoms with Gasteiger partial charge in [0.15, 0.2) is 6.29 Å². The number of amides is 1. The monoisotopic (exact) mass is 645 g/mol. The third-order valence-electron chi connectivity index (χ3n) is 7.74. The van der Waals surface area contributed by atoms with Crippen LogP contribution in [0.4, 0.5) is 0 Å². The van der Waals surface area contributed by atoms with Gasteiger partial charge < -0.3 is 25.0 Å². The topological polar surface area (TPSA) is 149 Å². The molecule has 12 heteroatoms. The number of aliphatic carboxylic acids is 1. The zero-order valence-electron chi connectivity index (χ0n) is 25.5. The molecule has 1 amide bonds. The molecule has 11 nitrogen and oxygen atoms in total. The number of para-hydroxylation sites is 1. The highest BCUT2D eigenvalue weighted by molar-refractivity contribution is 7.99. The molecular weight excluding hydrogens is 606 g/mol. The second-order valence-electron chi connectivity index (χ2n) is 11.2. The zero-order chi connectivity index (χ0) is 32.1. The molecular formula is C34H39N5O6S. The Morgan fingerprint density at radius 3 is 2.28 bits per heavy atom. The molecule has 0 bridgehead atoms. The van der Waals surface area contributed by atoms with Crippen LogP contribution in [0.2, 0.25) is 0 Å². The molecule has 1 saturated heterocycles. The summed E-state index contributed by atoms with van der Waals surface area (Å²) in [4.78, 5) is 22.9. The highest BCUT2D eigenvalue weighted by Gasteiger charge is 2.32. The molecule has 0 saturated carbocycles. The van der Waals surface area contributed by atoms with Gasteiger partial charge in [0.25, 0.3) is 0 Å². The molecule has 3 aromatic carbocycles. The average molecular weight is 646 g/mol. The maximum Gasteiger partial charge on any atom is 0.303 e. The van der Waals surface area contributed by atoms with Crippen molar-refractivity contribution in [3.05, 3.63) is 101 Å². The normalized spacial score (nSPS) is 17.9. The van der Waals surface area contributed by atoms with Crippen molar-refractivity contribution in [1.29, 1.82) is 0 Å². The molecule has 0 spiro atoms. The number of hydrogen-bond donors (Lipinski definition) is 3. The molecule has 5 rings (SSSR count). The number of hydrogen-bond acceptors (Lipinski definition) is 9. The minimum absolute atomic E-state index is 0.0186. The van der Waals surface area contributed by atoms with Crippen LogP contribution >= 0.6 is 11.8 Å². The van der Waals surface area contributed by atoms with E-state index in [1.165, 1.54) is 11.8 Å². The number of nitrogens with zero attached hydrogens (tertiary/aromatic N) is 4. The van der Waals surface area contributed by atoms with Crippen molar-refractivity contribution in [2.45, 2.75) is 81.8 Å². The van der Waals surface area contributed by atoms with E-state index in [-0.39, 0.29) is 31.1 Å². The predicted molar refractivity (Wildman–Crippen MR) is 172 cm³/mol. The Labute approximate surface area is 272 Å². The Kier molecular flexibility index (Phi) is 12.3. The number of nitrogens with one attached hydrogen (secondary N) is 1. The van der Waals surface area contributed by atoms with E-state index in [2.05, 4.69) is 20.8 Å². The molecule has 3 atom stereocenters. The average Bonchev–Trinajstić information content (AvgIpc) is 3.57. The first-order valence-electron chi connectivity index (χ1n) is 15.5. The van der Waals surface area contributed by atoms with E-state index in [9.17, 15) is 14.7 Å². The Morgan fingerprint density at radius 2 is 1.57 bits per heavy atom. The number of benzene rings is 3. The van der Waals surface area contributed by atoms with E-state index in [4.69, 9.17) is 14.6 Å². The van der Waals surface area contributed by atoms with Crippen molar-refractivity contribution in [2.24, 2.45) is 0 Å². The van der Waals surface area contributed by atoms with Crippen LogP contribution < -0.4 is 5.32 Å². The number of thioether (sulfide) groups is 1. The second-order valence-corrected chi connectivity index (χ2v) is 12.2. The number of aliphatic hydroxyl groups excluding tert-OH is 1. The quantitative estimate of drug-likeness (QED) is 0.105. The van der Waals surface area contributed by atoms with Gasteiger partial charge in [-0.05, 0) is 52.1 Å². The summed E-state index contributed by atoms with van der Waals surface area (Å²) >= 11 is 1.53. The number of aliphatic hydroxyl groups is 1. The first-order chi connectivity index (χ1) is 22.5. The number of carboxylic acid groups (broad SMARTS) is 1. The summed E-state index contributed by atoms with van der Waals surface area (Å²) in [7, 11) is 0. The Balaban J connectivity index is 1.19. The lowest BCUT2D eigenvalue weighted by molar-refractivity contribution is -0.245. The van der Waals surface area contributed by atoms with E-state index in [0.29, 0.717) is 36.7 Å². The van der Waals surface area contributed by atoms with Gasteiger partial charge in [0.1, 0.15) is 0 Å². The van der Waals surface area contributed by atoms with Crippen molar-refractivity contribution in [3.8, 4) is 5.69 Å². The highest BCUT2D eigenvalue weighted by Crippen LogP contribution is 2.39.